The first-order chi connectivity index (χ1) is 11.9. The Kier molecular flexibility index (Phi) is 3.61. The number of rotatable bonds is 4. The molecule has 1 aromatic carbocycles. The van der Waals surface area contributed by atoms with E-state index in [9.17, 15) is 9.59 Å². The van der Waals surface area contributed by atoms with Crippen molar-refractivity contribution < 1.29 is 19.1 Å². The van der Waals surface area contributed by atoms with E-state index in [-0.39, 0.29) is 24.0 Å². The minimum absolute atomic E-state index is 0.0285. The lowest BCUT2D eigenvalue weighted by molar-refractivity contribution is -0.132. The summed E-state index contributed by atoms with van der Waals surface area (Å²) in [5.74, 6) is -0.367. The molecular formula is C19H22N2O4. The fourth-order valence-electron chi connectivity index (χ4n) is 4.16. The number of ether oxygens (including phenoxy) is 2. The number of benzene rings is 1. The highest BCUT2D eigenvalue weighted by molar-refractivity contribution is 6.03. The summed E-state index contributed by atoms with van der Waals surface area (Å²) in [4.78, 5) is 27.5. The van der Waals surface area contributed by atoms with Crippen molar-refractivity contribution in [2.45, 2.75) is 31.6 Å². The molecule has 0 aromatic heterocycles. The molecule has 2 bridgehead atoms. The third-order valence-corrected chi connectivity index (χ3v) is 5.22. The number of nitrogens with one attached hydrogen (secondary N) is 1. The summed E-state index contributed by atoms with van der Waals surface area (Å²) in [6.07, 6.45) is 3.57. The number of hydrogen-bond donors (Lipinski definition) is 1. The highest BCUT2D eigenvalue weighted by Gasteiger charge is 2.67. The fraction of sp³-hybridized carbons (Fsp3) is 0.474. The van der Waals surface area contributed by atoms with Gasteiger partial charge in [0.15, 0.2) is 0 Å². The summed E-state index contributed by atoms with van der Waals surface area (Å²) in [5.41, 5.74) is 0.0961. The molecule has 0 radical (unpaired) electrons. The lowest BCUT2D eigenvalue weighted by Gasteiger charge is -2.24. The first kappa shape index (κ1) is 16.1. The zero-order chi connectivity index (χ0) is 17.8. The largest absolute Gasteiger partial charge is 0.497 e. The first-order valence-electron chi connectivity index (χ1n) is 8.58. The van der Waals surface area contributed by atoms with Crippen LogP contribution in [0.5, 0.6) is 5.75 Å². The Morgan fingerprint density at radius 3 is 2.72 bits per heavy atom. The molecule has 3 aliphatic heterocycles. The molecule has 25 heavy (non-hydrogen) atoms. The van der Waals surface area contributed by atoms with Crippen LogP contribution in [0.2, 0.25) is 0 Å². The SMILES string of the molecule is COc1ccc(N2CC34C=CC(O3)C(C(=O)NC(C)C)C4C2=O)cc1. The molecule has 2 saturated heterocycles. The van der Waals surface area contributed by atoms with Gasteiger partial charge in [-0.15, -0.1) is 0 Å². The molecule has 4 rings (SSSR count). The maximum absolute atomic E-state index is 13.1. The van der Waals surface area contributed by atoms with Gasteiger partial charge in [-0.1, -0.05) is 12.2 Å². The molecular weight excluding hydrogens is 320 g/mol. The van der Waals surface area contributed by atoms with Gasteiger partial charge in [-0.25, -0.2) is 0 Å². The van der Waals surface area contributed by atoms with Crippen molar-refractivity contribution in [2.75, 3.05) is 18.6 Å². The van der Waals surface area contributed by atoms with Crippen molar-refractivity contribution in [1.29, 1.82) is 0 Å². The molecule has 6 heteroatoms. The number of hydrogen-bond acceptors (Lipinski definition) is 4. The lowest BCUT2D eigenvalue weighted by atomic mass is 9.76. The van der Waals surface area contributed by atoms with Crippen molar-refractivity contribution >= 4 is 17.5 Å². The predicted octanol–water partition coefficient (Wildman–Crippen LogP) is 1.51. The van der Waals surface area contributed by atoms with Gasteiger partial charge in [0.1, 0.15) is 11.4 Å². The molecule has 1 aromatic rings. The van der Waals surface area contributed by atoms with E-state index in [2.05, 4.69) is 5.32 Å². The first-order valence-corrected chi connectivity index (χ1v) is 8.58. The number of fused-ring (bicyclic) bond motifs is 1. The van der Waals surface area contributed by atoms with Crippen LogP contribution in [0.4, 0.5) is 5.69 Å². The predicted molar refractivity (Wildman–Crippen MR) is 92.3 cm³/mol. The summed E-state index contributed by atoms with van der Waals surface area (Å²) in [6, 6.07) is 7.39. The Hall–Kier alpha value is -2.34. The standard InChI is InChI=1S/C19H22N2O4/c1-11(2)20-17(22)15-14-8-9-19(25-14)10-21(18(23)16(15)19)12-4-6-13(24-3)7-5-12/h4-9,11,14-16H,10H2,1-3H3,(H,20,22). The van der Waals surface area contributed by atoms with Crippen LogP contribution in [0.3, 0.4) is 0 Å². The van der Waals surface area contributed by atoms with Crippen molar-refractivity contribution in [1.82, 2.24) is 5.32 Å². The van der Waals surface area contributed by atoms with Crippen molar-refractivity contribution in [3.8, 4) is 5.75 Å². The van der Waals surface area contributed by atoms with E-state index in [1.165, 1.54) is 0 Å². The number of anilines is 1. The normalized spacial score (nSPS) is 32.4. The van der Waals surface area contributed by atoms with Crippen LogP contribution < -0.4 is 15.0 Å². The van der Waals surface area contributed by atoms with E-state index >= 15 is 0 Å². The highest BCUT2D eigenvalue weighted by Crippen LogP contribution is 2.52. The molecule has 4 atom stereocenters. The summed E-state index contributed by atoms with van der Waals surface area (Å²) in [7, 11) is 1.61. The van der Waals surface area contributed by atoms with E-state index in [4.69, 9.17) is 9.47 Å². The third kappa shape index (κ3) is 2.35. The molecule has 0 aliphatic carbocycles. The van der Waals surface area contributed by atoms with Gasteiger partial charge in [0.05, 0.1) is 31.6 Å². The average molecular weight is 342 g/mol. The summed E-state index contributed by atoms with van der Waals surface area (Å²) < 4.78 is 11.3. The Bertz CT molecular complexity index is 742. The lowest BCUT2D eigenvalue weighted by Crippen LogP contribution is -2.45. The monoisotopic (exact) mass is 342 g/mol. The summed E-state index contributed by atoms with van der Waals surface area (Å²) in [6.45, 7) is 4.26. The van der Waals surface area contributed by atoms with E-state index in [0.717, 1.165) is 11.4 Å². The Labute approximate surface area is 146 Å². The topological polar surface area (TPSA) is 67.9 Å². The zero-order valence-electron chi connectivity index (χ0n) is 14.6. The highest BCUT2D eigenvalue weighted by atomic mass is 16.5. The second kappa shape index (κ2) is 5.59. The number of carbonyl (C=O) groups is 2. The van der Waals surface area contributed by atoms with Gasteiger partial charge in [0, 0.05) is 11.7 Å². The number of carbonyl (C=O) groups excluding carboxylic acids is 2. The molecule has 2 fully saturated rings. The summed E-state index contributed by atoms with van der Waals surface area (Å²) in [5, 5.41) is 2.93. The van der Waals surface area contributed by atoms with E-state index < -0.39 is 17.4 Å². The molecule has 6 nitrogen and oxygen atoms in total. The third-order valence-electron chi connectivity index (χ3n) is 5.22. The average Bonchev–Trinajstić information content (AvgIpc) is 3.22. The van der Waals surface area contributed by atoms with Gasteiger partial charge in [-0.2, -0.15) is 0 Å². The Balaban J connectivity index is 1.64. The maximum Gasteiger partial charge on any atom is 0.234 e. The molecule has 0 saturated carbocycles. The van der Waals surface area contributed by atoms with Crippen LogP contribution in [0.15, 0.2) is 36.4 Å². The van der Waals surface area contributed by atoms with Crippen LogP contribution >= 0.6 is 0 Å². The number of methoxy groups -OCH3 is 1. The smallest absolute Gasteiger partial charge is 0.234 e. The number of amides is 2. The van der Waals surface area contributed by atoms with Gasteiger partial charge in [-0.05, 0) is 38.1 Å². The quantitative estimate of drug-likeness (QED) is 0.842. The number of nitrogens with zero attached hydrogens (tertiary/aromatic N) is 1. The van der Waals surface area contributed by atoms with Crippen LogP contribution in [0.1, 0.15) is 13.8 Å². The minimum atomic E-state index is -0.694. The van der Waals surface area contributed by atoms with Crippen molar-refractivity contribution in [3.05, 3.63) is 36.4 Å². The van der Waals surface area contributed by atoms with Crippen molar-refractivity contribution in [2.24, 2.45) is 11.8 Å². The van der Waals surface area contributed by atoms with Crippen LogP contribution in [-0.4, -0.2) is 43.2 Å². The second-order valence-corrected chi connectivity index (χ2v) is 7.19. The molecule has 132 valence electrons. The summed E-state index contributed by atoms with van der Waals surface area (Å²) >= 11 is 0. The van der Waals surface area contributed by atoms with Gasteiger partial charge in [0.25, 0.3) is 0 Å². The van der Waals surface area contributed by atoms with Gasteiger partial charge >= 0.3 is 0 Å². The molecule has 1 N–H and O–H groups in total. The van der Waals surface area contributed by atoms with Crippen LogP contribution in [0, 0.1) is 11.8 Å². The van der Waals surface area contributed by atoms with E-state index in [1.807, 2.05) is 50.3 Å². The molecule has 2 amide bonds. The van der Waals surface area contributed by atoms with Crippen molar-refractivity contribution in [3.63, 3.8) is 0 Å². The van der Waals surface area contributed by atoms with Crippen LogP contribution in [-0.2, 0) is 14.3 Å². The molecule has 1 spiro atoms. The second-order valence-electron chi connectivity index (χ2n) is 7.19. The molecule has 4 unspecified atom stereocenters. The molecule has 3 heterocycles. The zero-order valence-corrected chi connectivity index (χ0v) is 14.6. The molecule has 3 aliphatic rings. The minimum Gasteiger partial charge on any atom is -0.497 e. The van der Waals surface area contributed by atoms with E-state index in [1.54, 1.807) is 12.0 Å². The van der Waals surface area contributed by atoms with E-state index in [0.29, 0.717) is 6.54 Å². The Morgan fingerprint density at radius 1 is 1.36 bits per heavy atom. The fourth-order valence-corrected chi connectivity index (χ4v) is 4.16. The Morgan fingerprint density at radius 2 is 2.08 bits per heavy atom. The van der Waals surface area contributed by atoms with Gasteiger partial charge < -0.3 is 19.7 Å². The van der Waals surface area contributed by atoms with Gasteiger partial charge in [-0.3, -0.25) is 9.59 Å². The van der Waals surface area contributed by atoms with Gasteiger partial charge in [0.2, 0.25) is 11.8 Å². The maximum atomic E-state index is 13.1. The van der Waals surface area contributed by atoms with Crippen LogP contribution in [0.25, 0.3) is 0 Å².